The number of nitrogens with zero attached hydrogens (tertiary/aromatic N) is 1. The smallest absolute Gasteiger partial charge is 0.0488 e. The van der Waals surface area contributed by atoms with Crippen LogP contribution in [0, 0.1) is 0 Å². The molecular formula is C15H22N2. The number of piperazine rings is 1. The van der Waals surface area contributed by atoms with Gasteiger partial charge >= 0.3 is 0 Å². The van der Waals surface area contributed by atoms with Crippen molar-refractivity contribution >= 4 is 0 Å². The zero-order valence-corrected chi connectivity index (χ0v) is 10.7. The lowest BCUT2D eigenvalue weighted by Gasteiger charge is -2.41. The Labute approximate surface area is 104 Å². The Morgan fingerprint density at radius 2 is 2.18 bits per heavy atom. The Bertz CT molecular complexity index is 360. The van der Waals surface area contributed by atoms with Crippen molar-refractivity contribution in [3.05, 3.63) is 48.6 Å². The van der Waals surface area contributed by atoms with Crippen LogP contribution >= 0.6 is 0 Å². The van der Waals surface area contributed by atoms with Gasteiger partial charge in [0, 0.05) is 31.7 Å². The largest absolute Gasteiger partial charge is 0.306 e. The van der Waals surface area contributed by atoms with Crippen LogP contribution in [0.2, 0.25) is 0 Å². The van der Waals surface area contributed by atoms with E-state index in [1.807, 2.05) is 0 Å². The first-order valence-corrected chi connectivity index (χ1v) is 6.43. The van der Waals surface area contributed by atoms with E-state index in [0.717, 1.165) is 32.6 Å². The monoisotopic (exact) mass is 230 g/mol. The van der Waals surface area contributed by atoms with E-state index in [-0.39, 0.29) is 5.54 Å². The topological polar surface area (TPSA) is 15.3 Å². The number of nitrogens with one attached hydrogen (secondary N) is 1. The Morgan fingerprint density at radius 1 is 1.41 bits per heavy atom. The van der Waals surface area contributed by atoms with Gasteiger partial charge in [-0.25, -0.2) is 0 Å². The van der Waals surface area contributed by atoms with Gasteiger partial charge in [0.1, 0.15) is 0 Å². The molecule has 0 saturated carbocycles. The first-order chi connectivity index (χ1) is 8.28. The van der Waals surface area contributed by atoms with Crippen LogP contribution in [0.15, 0.2) is 43.0 Å². The molecule has 1 heterocycles. The van der Waals surface area contributed by atoms with Crippen LogP contribution in [-0.4, -0.2) is 30.1 Å². The van der Waals surface area contributed by atoms with E-state index in [4.69, 9.17) is 0 Å². The second-order valence-electron chi connectivity index (χ2n) is 4.84. The molecule has 1 aromatic rings. The third-order valence-electron chi connectivity index (χ3n) is 3.68. The average Bonchev–Trinajstić information content (AvgIpc) is 2.40. The summed E-state index contributed by atoms with van der Waals surface area (Å²) >= 11 is 0. The summed E-state index contributed by atoms with van der Waals surface area (Å²) in [6.07, 6.45) is 3.17. The lowest BCUT2D eigenvalue weighted by molar-refractivity contribution is 0.151. The zero-order valence-electron chi connectivity index (χ0n) is 10.7. The van der Waals surface area contributed by atoms with Crippen LogP contribution in [-0.2, 0) is 6.54 Å². The second-order valence-corrected chi connectivity index (χ2v) is 4.84. The minimum Gasteiger partial charge on any atom is -0.306 e. The molecule has 0 amide bonds. The fourth-order valence-electron chi connectivity index (χ4n) is 2.49. The van der Waals surface area contributed by atoms with Gasteiger partial charge in [-0.15, -0.1) is 6.58 Å². The number of hydrogen-bond donors (Lipinski definition) is 1. The van der Waals surface area contributed by atoms with Crippen molar-refractivity contribution in [3.63, 3.8) is 0 Å². The summed E-state index contributed by atoms with van der Waals surface area (Å²) in [5, 5.41) is 3.59. The lowest BCUT2D eigenvalue weighted by Crippen LogP contribution is -2.58. The molecule has 0 unspecified atom stereocenters. The van der Waals surface area contributed by atoms with Crippen LogP contribution in [0.4, 0.5) is 0 Å². The highest BCUT2D eigenvalue weighted by atomic mass is 15.2. The summed E-state index contributed by atoms with van der Waals surface area (Å²) in [6.45, 7) is 10.5. The SMILES string of the molecule is C=C[C@]1(CC)CN(Cc2ccccc2)CCN1. The Kier molecular flexibility index (Phi) is 3.97. The third-order valence-corrected chi connectivity index (χ3v) is 3.68. The molecule has 2 nitrogen and oxygen atoms in total. The molecule has 1 atom stereocenters. The molecular weight excluding hydrogens is 208 g/mol. The van der Waals surface area contributed by atoms with Gasteiger partial charge in [-0.05, 0) is 12.0 Å². The van der Waals surface area contributed by atoms with Crippen LogP contribution in [0.3, 0.4) is 0 Å². The number of rotatable bonds is 4. The quantitative estimate of drug-likeness (QED) is 0.799. The Hall–Kier alpha value is -1.12. The molecule has 1 aromatic carbocycles. The summed E-state index contributed by atoms with van der Waals surface area (Å²) in [6, 6.07) is 10.7. The van der Waals surface area contributed by atoms with Crippen molar-refractivity contribution in [2.75, 3.05) is 19.6 Å². The van der Waals surface area contributed by atoms with Gasteiger partial charge < -0.3 is 5.32 Å². The molecule has 1 N–H and O–H groups in total. The highest BCUT2D eigenvalue weighted by Crippen LogP contribution is 2.18. The maximum atomic E-state index is 3.98. The van der Waals surface area contributed by atoms with Crippen LogP contribution in [0.5, 0.6) is 0 Å². The molecule has 0 radical (unpaired) electrons. The van der Waals surface area contributed by atoms with Crippen LogP contribution < -0.4 is 5.32 Å². The lowest BCUT2D eigenvalue weighted by atomic mass is 9.93. The van der Waals surface area contributed by atoms with E-state index in [9.17, 15) is 0 Å². The fourth-order valence-corrected chi connectivity index (χ4v) is 2.49. The maximum absolute atomic E-state index is 3.98. The highest BCUT2D eigenvalue weighted by Gasteiger charge is 2.30. The molecule has 1 aliphatic heterocycles. The summed E-state index contributed by atoms with van der Waals surface area (Å²) in [4.78, 5) is 2.51. The molecule has 0 bridgehead atoms. The highest BCUT2D eigenvalue weighted by molar-refractivity contribution is 5.15. The molecule has 92 valence electrons. The van der Waals surface area contributed by atoms with Gasteiger partial charge in [-0.3, -0.25) is 4.90 Å². The van der Waals surface area contributed by atoms with Gasteiger partial charge in [0.15, 0.2) is 0 Å². The van der Waals surface area contributed by atoms with Gasteiger partial charge in [0.25, 0.3) is 0 Å². The van der Waals surface area contributed by atoms with Crippen molar-refractivity contribution in [2.45, 2.75) is 25.4 Å². The fraction of sp³-hybridized carbons (Fsp3) is 0.467. The maximum Gasteiger partial charge on any atom is 0.0488 e. The first-order valence-electron chi connectivity index (χ1n) is 6.43. The van der Waals surface area contributed by atoms with E-state index in [0.29, 0.717) is 0 Å². The average molecular weight is 230 g/mol. The molecule has 1 saturated heterocycles. The number of hydrogen-bond acceptors (Lipinski definition) is 2. The van der Waals surface area contributed by atoms with Crippen molar-refractivity contribution < 1.29 is 0 Å². The molecule has 1 fully saturated rings. The molecule has 0 aliphatic carbocycles. The summed E-state index contributed by atoms with van der Waals surface area (Å²) in [5.74, 6) is 0. The summed E-state index contributed by atoms with van der Waals surface area (Å²) in [5.41, 5.74) is 1.50. The van der Waals surface area contributed by atoms with Gasteiger partial charge in [0.05, 0.1) is 0 Å². The van der Waals surface area contributed by atoms with Crippen molar-refractivity contribution in [1.29, 1.82) is 0 Å². The van der Waals surface area contributed by atoms with E-state index >= 15 is 0 Å². The standard InChI is InChI=1S/C15H22N2/c1-3-15(4-2)13-17(11-10-16-15)12-14-8-6-5-7-9-14/h3,5-9,16H,1,4,10-13H2,2H3/t15-/m0/s1. The minimum absolute atomic E-state index is 0.104. The van der Waals surface area contributed by atoms with E-state index < -0.39 is 0 Å². The Balaban J connectivity index is 2.00. The second kappa shape index (κ2) is 5.48. The van der Waals surface area contributed by atoms with Crippen LogP contribution in [0.25, 0.3) is 0 Å². The molecule has 17 heavy (non-hydrogen) atoms. The van der Waals surface area contributed by atoms with Crippen molar-refractivity contribution in [1.82, 2.24) is 10.2 Å². The van der Waals surface area contributed by atoms with Gasteiger partial charge in [-0.2, -0.15) is 0 Å². The van der Waals surface area contributed by atoms with Crippen molar-refractivity contribution in [3.8, 4) is 0 Å². The van der Waals surface area contributed by atoms with E-state index in [2.05, 4.69) is 60.1 Å². The van der Waals surface area contributed by atoms with Crippen molar-refractivity contribution in [2.24, 2.45) is 0 Å². The zero-order chi connectivity index (χ0) is 12.1. The van der Waals surface area contributed by atoms with Gasteiger partial charge in [-0.1, -0.05) is 43.3 Å². The Morgan fingerprint density at radius 3 is 2.82 bits per heavy atom. The summed E-state index contributed by atoms with van der Waals surface area (Å²) in [7, 11) is 0. The molecule has 2 heteroatoms. The molecule has 2 rings (SSSR count). The first kappa shape index (κ1) is 12.3. The van der Waals surface area contributed by atoms with Gasteiger partial charge in [0.2, 0.25) is 0 Å². The normalized spacial score (nSPS) is 25.7. The molecule has 0 aromatic heterocycles. The minimum atomic E-state index is 0.104. The molecule has 0 spiro atoms. The predicted molar refractivity (Wildman–Crippen MR) is 72.9 cm³/mol. The predicted octanol–water partition coefficient (Wildman–Crippen LogP) is 2.43. The van der Waals surface area contributed by atoms with Crippen LogP contribution in [0.1, 0.15) is 18.9 Å². The van der Waals surface area contributed by atoms with E-state index in [1.54, 1.807) is 0 Å². The number of benzene rings is 1. The third kappa shape index (κ3) is 2.96. The summed E-state index contributed by atoms with van der Waals surface area (Å²) < 4.78 is 0. The van der Waals surface area contributed by atoms with E-state index in [1.165, 1.54) is 5.56 Å². The molecule has 1 aliphatic rings.